The Hall–Kier alpha value is -1.65. The second kappa shape index (κ2) is 6.41. The van der Waals surface area contributed by atoms with Gasteiger partial charge in [0.1, 0.15) is 5.82 Å². The van der Waals surface area contributed by atoms with Crippen molar-refractivity contribution in [3.8, 4) is 5.75 Å². The third-order valence-corrected chi connectivity index (χ3v) is 3.71. The molecule has 0 aliphatic heterocycles. The summed E-state index contributed by atoms with van der Waals surface area (Å²) in [5.41, 5.74) is 1.87. The van der Waals surface area contributed by atoms with Crippen molar-refractivity contribution >= 4 is 11.6 Å². The second-order valence-electron chi connectivity index (χ2n) is 4.74. The fourth-order valence-electron chi connectivity index (χ4n) is 2.26. The minimum atomic E-state index is -0.454. The van der Waals surface area contributed by atoms with Gasteiger partial charge in [-0.1, -0.05) is 17.7 Å². The van der Waals surface area contributed by atoms with Crippen LogP contribution in [0.5, 0.6) is 5.75 Å². The Morgan fingerprint density at radius 3 is 2.43 bits per heavy atom. The molecule has 112 valence electrons. The average Bonchev–Trinajstić information content (AvgIpc) is 2.45. The summed E-state index contributed by atoms with van der Waals surface area (Å²) in [4.78, 5) is 0. The highest BCUT2D eigenvalue weighted by molar-refractivity contribution is 6.31. The summed E-state index contributed by atoms with van der Waals surface area (Å²) in [6.07, 6.45) is 0. The summed E-state index contributed by atoms with van der Waals surface area (Å²) in [6, 6.07) is 7.29. The number of methoxy groups -OCH3 is 1. The molecule has 2 aromatic rings. The predicted molar refractivity (Wildman–Crippen MR) is 80.0 cm³/mol. The molecule has 0 amide bonds. The molecular weight excluding hydrogens is 296 g/mol. The molecule has 2 aromatic carbocycles. The van der Waals surface area contributed by atoms with Gasteiger partial charge in [0.25, 0.3) is 0 Å². The number of nitrogens with one attached hydrogen (secondary N) is 1. The standard InChI is InChI=1S/C16H16ClF2NO/c1-9-6-11(12(17)8-13(9)18)16(20-2)10-4-5-15(21-3)14(19)7-10/h4-8,16,20H,1-3H3. The molecule has 21 heavy (non-hydrogen) atoms. The average molecular weight is 312 g/mol. The summed E-state index contributed by atoms with van der Waals surface area (Å²) in [5.74, 6) is -0.639. The van der Waals surface area contributed by atoms with E-state index in [1.807, 2.05) is 0 Å². The quantitative estimate of drug-likeness (QED) is 0.911. The highest BCUT2D eigenvalue weighted by Gasteiger charge is 2.18. The fourth-order valence-corrected chi connectivity index (χ4v) is 2.52. The third-order valence-electron chi connectivity index (χ3n) is 3.39. The van der Waals surface area contributed by atoms with Gasteiger partial charge >= 0.3 is 0 Å². The number of rotatable bonds is 4. The number of halogens is 3. The van der Waals surface area contributed by atoms with E-state index in [1.165, 1.54) is 19.2 Å². The van der Waals surface area contributed by atoms with Gasteiger partial charge in [0, 0.05) is 5.02 Å². The van der Waals surface area contributed by atoms with E-state index in [2.05, 4.69) is 5.32 Å². The first-order chi connectivity index (χ1) is 9.97. The van der Waals surface area contributed by atoms with Gasteiger partial charge in [-0.25, -0.2) is 8.78 Å². The van der Waals surface area contributed by atoms with E-state index in [9.17, 15) is 8.78 Å². The molecule has 0 saturated heterocycles. The molecule has 1 atom stereocenters. The van der Waals surface area contributed by atoms with Gasteiger partial charge in [-0.05, 0) is 54.9 Å². The van der Waals surface area contributed by atoms with Gasteiger partial charge in [-0.15, -0.1) is 0 Å². The monoisotopic (exact) mass is 311 g/mol. The van der Waals surface area contributed by atoms with Crippen LogP contribution in [0.3, 0.4) is 0 Å². The van der Waals surface area contributed by atoms with E-state index in [1.54, 1.807) is 32.2 Å². The molecule has 0 spiro atoms. The van der Waals surface area contributed by atoms with E-state index in [4.69, 9.17) is 16.3 Å². The number of hydrogen-bond acceptors (Lipinski definition) is 2. The van der Waals surface area contributed by atoms with Gasteiger partial charge in [0.15, 0.2) is 11.6 Å². The van der Waals surface area contributed by atoms with Crippen LogP contribution in [0.25, 0.3) is 0 Å². The SMILES string of the molecule is CNC(c1ccc(OC)c(F)c1)c1cc(C)c(F)cc1Cl. The molecule has 2 rings (SSSR count). The van der Waals surface area contributed by atoms with Crippen molar-refractivity contribution in [2.24, 2.45) is 0 Å². The lowest BCUT2D eigenvalue weighted by Crippen LogP contribution is -2.18. The molecule has 1 N–H and O–H groups in total. The normalized spacial score (nSPS) is 12.3. The number of hydrogen-bond donors (Lipinski definition) is 1. The van der Waals surface area contributed by atoms with E-state index >= 15 is 0 Å². The van der Waals surface area contributed by atoms with E-state index in [0.717, 1.165) is 0 Å². The fraction of sp³-hybridized carbons (Fsp3) is 0.250. The molecule has 2 nitrogen and oxygen atoms in total. The van der Waals surface area contributed by atoms with E-state index < -0.39 is 5.82 Å². The highest BCUT2D eigenvalue weighted by Crippen LogP contribution is 2.32. The van der Waals surface area contributed by atoms with Crippen LogP contribution in [0.1, 0.15) is 22.7 Å². The predicted octanol–water partition coefficient (Wildman–Crippen LogP) is 4.24. The molecule has 0 aliphatic rings. The minimum Gasteiger partial charge on any atom is -0.494 e. The van der Waals surface area contributed by atoms with Gasteiger partial charge in [-0.3, -0.25) is 0 Å². The Balaban J connectivity index is 2.49. The van der Waals surface area contributed by atoms with E-state index in [0.29, 0.717) is 21.7 Å². The van der Waals surface area contributed by atoms with Crippen LogP contribution in [0.4, 0.5) is 8.78 Å². The van der Waals surface area contributed by atoms with Crippen LogP contribution in [-0.4, -0.2) is 14.2 Å². The zero-order valence-electron chi connectivity index (χ0n) is 12.0. The highest BCUT2D eigenvalue weighted by atomic mass is 35.5. The summed E-state index contributed by atoms with van der Waals surface area (Å²) >= 11 is 6.12. The molecule has 0 radical (unpaired) electrons. The van der Waals surface area contributed by atoms with Crippen molar-refractivity contribution in [3.05, 3.63) is 63.7 Å². The molecule has 0 bridgehead atoms. The summed E-state index contributed by atoms with van der Waals surface area (Å²) in [6.45, 7) is 1.66. The van der Waals surface area contributed by atoms with Crippen molar-refractivity contribution in [1.82, 2.24) is 5.32 Å². The Kier molecular flexibility index (Phi) is 4.80. The zero-order chi connectivity index (χ0) is 15.6. The molecule has 0 fully saturated rings. The number of ether oxygens (including phenoxy) is 1. The molecule has 0 aromatic heterocycles. The van der Waals surface area contributed by atoms with Crippen LogP contribution in [0, 0.1) is 18.6 Å². The smallest absolute Gasteiger partial charge is 0.165 e. The van der Waals surface area contributed by atoms with Crippen LogP contribution in [0.2, 0.25) is 5.02 Å². The van der Waals surface area contributed by atoms with Gasteiger partial charge in [-0.2, -0.15) is 0 Å². The summed E-state index contributed by atoms with van der Waals surface area (Å²) in [7, 11) is 3.15. The van der Waals surface area contributed by atoms with Crippen molar-refractivity contribution in [3.63, 3.8) is 0 Å². The van der Waals surface area contributed by atoms with Gasteiger partial charge < -0.3 is 10.1 Å². The Bertz CT molecular complexity index is 661. The Morgan fingerprint density at radius 2 is 1.86 bits per heavy atom. The summed E-state index contributed by atoms with van der Waals surface area (Å²) in [5, 5.41) is 3.37. The molecule has 0 heterocycles. The largest absolute Gasteiger partial charge is 0.494 e. The third kappa shape index (κ3) is 3.17. The number of benzene rings is 2. The Labute approximate surface area is 127 Å². The van der Waals surface area contributed by atoms with Crippen LogP contribution < -0.4 is 10.1 Å². The lowest BCUT2D eigenvalue weighted by Gasteiger charge is -2.20. The Morgan fingerprint density at radius 1 is 1.14 bits per heavy atom. The van der Waals surface area contributed by atoms with Crippen molar-refractivity contribution in [2.45, 2.75) is 13.0 Å². The lowest BCUT2D eigenvalue weighted by molar-refractivity contribution is 0.386. The molecular formula is C16H16ClF2NO. The first-order valence-corrected chi connectivity index (χ1v) is 6.82. The maximum absolute atomic E-state index is 13.9. The maximum atomic E-state index is 13.9. The molecule has 0 saturated carbocycles. The maximum Gasteiger partial charge on any atom is 0.165 e. The van der Waals surface area contributed by atoms with E-state index in [-0.39, 0.29) is 17.6 Å². The zero-order valence-corrected chi connectivity index (χ0v) is 12.8. The van der Waals surface area contributed by atoms with Crippen molar-refractivity contribution in [1.29, 1.82) is 0 Å². The number of aryl methyl sites for hydroxylation is 1. The summed E-state index contributed by atoms with van der Waals surface area (Å²) < 4.78 is 32.3. The van der Waals surface area contributed by atoms with Crippen LogP contribution >= 0.6 is 11.6 Å². The first kappa shape index (κ1) is 15.7. The van der Waals surface area contributed by atoms with Crippen LogP contribution in [0.15, 0.2) is 30.3 Å². The minimum absolute atomic E-state index is 0.176. The molecule has 5 heteroatoms. The molecule has 0 aliphatic carbocycles. The lowest BCUT2D eigenvalue weighted by atomic mass is 9.97. The molecule has 1 unspecified atom stereocenters. The van der Waals surface area contributed by atoms with Gasteiger partial charge in [0.2, 0.25) is 0 Å². The van der Waals surface area contributed by atoms with Gasteiger partial charge in [0.05, 0.1) is 13.2 Å². The first-order valence-electron chi connectivity index (χ1n) is 6.44. The van der Waals surface area contributed by atoms with Crippen LogP contribution in [-0.2, 0) is 0 Å². The second-order valence-corrected chi connectivity index (χ2v) is 5.15. The van der Waals surface area contributed by atoms with Crippen molar-refractivity contribution < 1.29 is 13.5 Å². The van der Waals surface area contributed by atoms with Crippen molar-refractivity contribution in [2.75, 3.05) is 14.2 Å². The topological polar surface area (TPSA) is 21.3 Å².